The molecule has 3 aromatic rings. The summed E-state index contributed by atoms with van der Waals surface area (Å²) in [6, 6.07) is 17.3. The first kappa shape index (κ1) is 26.0. The predicted octanol–water partition coefficient (Wildman–Crippen LogP) is 6.32. The highest BCUT2D eigenvalue weighted by Gasteiger charge is 2.34. The minimum atomic E-state index is -4.63. The Morgan fingerprint density at radius 3 is 2.29 bits per heavy atom. The van der Waals surface area contributed by atoms with Crippen molar-refractivity contribution in [2.24, 2.45) is 0 Å². The van der Waals surface area contributed by atoms with Crippen molar-refractivity contribution in [2.45, 2.75) is 26.2 Å². The summed E-state index contributed by atoms with van der Waals surface area (Å²) in [6.07, 6.45) is -3.21. The molecule has 0 fully saturated rings. The van der Waals surface area contributed by atoms with E-state index in [1.54, 1.807) is 16.2 Å². The van der Waals surface area contributed by atoms with Crippen LogP contribution in [0.25, 0.3) is 0 Å². The minimum absolute atomic E-state index is 0.0109. The van der Waals surface area contributed by atoms with Crippen LogP contribution in [0.4, 0.5) is 23.7 Å². The number of para-hydroxylation sites is 1. The fourth-order valence-electron chi connectivity index (χ4n) is 3.47. The number of nitrogens with one attached hydrogen (secondary N) is 1. The van der Waals surface area contributed by atoms with Gasteiger partial charge < -0.3 is 15.1 Å². The maximum Gasteiger partial charge on any atom is 0.418 e. The van der Waals surface area contributed by atoms with E-state index in [4.69, 9.17) is 0 Å². The highest BCUT2D eigenvalue weighted by Crippen LogP contribution is 2.34. The van der Waals surface area contributed by atoms with Crippen LogP contribution in [-0.4, -0.2) is 34.8 Å². The van der Waals surface area contributed by atoms with Gasteiger partial charge in [0, 0.05) is 22.8 Å². The second-order valence-corrected chi connectivity index (χ2v) is 9.26. The van der Waals surface area contributed by atoms with Crippen molar-refractivity contribution in [3.8, 4) is 0 Å². The summed E-state index contributed by atoms with van der Waals surface area (Å²) < 4.78 is 40.0. The Bertz CT molecular complexity index is 1160. The molecule has 35 heavy (non-hydrogen) atoms. The summed E-state index contributed by atoms with van der Waals surface area (Å²) in [5.41, 5.74) is -0.410. The SMILES string of the molecule is C=CCN(CC(=O)N(Cc1ccccc1)Cc1ccc(C)s1)C(=O)Nc1ccccc1C(F)(F)F. The van der Waals surface area contributed by atoms with Crippen molar-refractivity contribution < 1.29 is 22.8 Å². The van der Waals surface area contributed by atoms with Crippen molar-refractivity contribution in [1.82, 2.24) is 9.80 Å². The van der Waals surface area contributed by atoms with E-state index in [0.29, 0.717) is 13.1 Å². The number of amides is 3. The van der Waals surface area contributed by atoms with E-state index in [1.165, 1.54) is 24.3 Å². The van der Waals surface area contributed by atoms with Gasteiger partial charge in [-0.2, -0.15) is 13.2 Å². The summed E-state index contributed by atoms with van der Waals surface area (Å²) in [5.74, 6) is -0.332. The standard InChI is InChI=1S/C26H26F3N3O2S/c1-3-15-31(25(34)30-23-12-8-7-11-22(23)26(27,28)29)18-24(33)32(16-20-9-5-4-6-10-20)17-21-14-13-19(2)35-21/h3-14H,1,15-18H2,2H3,(H,30,34). The molecule has 0 radical (unpaired) electrons. The topological polar surface area (TPSA) is 52.7 Å². The minimum Gasteiger partial charge on any atom is -0.332 e. The lowest BCUT2D eigenvalue weighted by atomic mass is 10.1. The lowest BCUT2D eigenvalue weighted by Gasteiger charge is -2.27. The summed E-state index contributed by atoms with van der Waals surface area (Å²) in [5, 5.41) is 2.30. The van der Waals surface area contributed by atoms with Crippen molar-refractivity contribution >= 4 is 29.0 Å². The van der Waals surface area contributed by atoms with E-state index in [1.807, 2.05) is 49.4 Å². The summed E-state index contributed by atoms with van der Waals surface area (Å²) in [7, 11) is 0. The lowest BCUT2D eigenvalue weighted by Crippen LogP contribution is -2.44. The lowest BCUT2D eigenvalue weighted by molar-refractivity contribution is -0.137. The molecule has 9 heteroatoms. The number of aryl methyl sites for hydroxylation is 1. The number of halogens is 3. The van der Waals surface area contributed by atoms with Crippen LogP contribution >= 0.6 is 11.3 Å². The summed E-state index contributed by atoms with van der Waals surface area (Å²) >= 11 is 1.58. The zero-order valence-corrected chi connectivity index (χ0v) is 20.0. The zero-order chi connectivity index (χ0) is 25.4. The van der Waals surface area contributed by atoms with Crippen LogP contribution in [0.15, 0.2) is 79.4 Å². The molecule has 0 spiro atoms. The molecular weight excluding hydrogens is 475 g/mol. The van der Waals surface area contributed by atoms with Crippen molar-refractivity contribution in [3.05, 3.63) is 100 Å². The first-order chi connectivity index (χ1) is 16.7. The number of nitrogens with zero attached hydrogens (tertiary/aromatic N) is 2. The molecule has 1 aromatic heterocycles. The molecule has 1 N–H and O–H groups in total. The van der Waals surface area contributed by atoms with Crippen LogP contribution in [0.3, 0.4) is 0 Å². The molecule has 1 heterocycles. The van der Waals surface area contributed by atoms with Gasteiger partial charge in [-0.25, -0.2) is 4.79 Å². The van der Waals surface area contributed by atoms with Crippen LogP contribution in [0.5, 0.6) is 0 Å². The van der Waals surface area contributed by atoms with Crippen LogP contribution in [0, 0.1) is 6.92 Å². The highest BCUT2D eigenvalue weighted by molar-refractivity contribution is 7.11. The van der Waals surface area contributed by atoms with E-state index in [0.717, 1.165) is 26.3 Å². The Morgan fingerprint density at radius 2 is 1.66 bits per heavy atom. The molecule has 5 nitrogen and oxygen atoms in total. The fourth-order valence-corrected chi connectivity index (χ4v) is 4.37. The Morgan fingerprint density at radius 1 is 0.971 bits per heavy atom. The maximum absolute atomic E-state index is 13.3. The molecule has 0 aliphatic carbocycles. The first-order valence-corrected chi connectivity index (χ1v) is 11.7. The molecule has 0 aliphatic rings. The van der Waals surface area contributed by atoms with E-state index in [2.05, 4.69) is 11.9 Å². The third kappa shape index (κ3) is 7.45. The average molecular weight is 502 g/mol. The molecule has 0 aliphatic heterocycles. The number of hydrogen-bond donors (Lipinski definition) is 1. The van der Waals surface area contributed by atoms with Crippen LogP contribution in [0.1, 0.15) is 20.9 Å². The summed E-state index contributed by atoms with van der Waals surface area (Å²) in [6.45, 7) is 5.95. The fraction of sp³-hybridized carbons (Fsp3) is 0.231. The number of thiophene rings is 1. The van der Waals surface area contributed by atoms with Gasteiger partial charge in [-0.3, -0.25) is 4.79 Å². The Kier molecular flexibility index (Phi) is 8.70. The normalized spacial score (nSPS) is 11.1. The van der Waals surface area contributed by atoms with Gasteiger partial charge in [0.25, 0.3) is 0 Å². The first-order valence-electron chi connectivity index (χ1n) is 10.9. The van der Waals surface area contributed by atoms with E-state index >= 15 is 0 Å². The number of rotatable bonds is 9. The van der Waals surface area contributed by atoms with E-state index in [9.17, 15) is 22.8 Å². The number of urea groups is 1. The van der Waals surface area contributed by atoms with Gasteiger partial charge in [-0.05, 0) is 36.8 Å². The molecule has 184 valence electrons. The largest absolute Gasteiger partial charge is 0.418 e. The van der Waals surface area contributed by atoms with Gasteiger partial charge in [0.15, 0.2) is 0 Å². The molecule has 3 rings (SSSR count). The predicted molar refractivity (Wildman–Crippen MR) is 132 cm³/mol. The van der Waals surface area contributed by atoms with Crippen LogP contribution < -0.4 is 5.32 Å². The smallest absolute Gasteiger partial charge is 0.332 e. The number of benzene rings is 2. The zero-order valence-electron chi connectivity index (χ0n) is 19.2. The van der Waals surface area contributed by atoms with Crippen LogP contribution in [0.2, 0.25) is 0 Å². The van der Waals surface area contributed by atoms with E-state index in [-0.39, 0.29) is 24.7 Å². The third-order valence-corrected chi connectivity index (χ3v) is 6.13. The number of anilines is 1. The van der Waals surface area contributed by atoms with Gasteiger partial charge in [0.05, 0.1) is 17.8 Å². The molecule has 0 saturated heterocycles. The van der Waals surface area contributed by atoms with Crippen molar-refractivity contribution in [1.29, 1.82) is 0 Å². The Labute approximate surface area is 206 Å². The van der Waals surface area contributed by atoms with Gasteiger partial charge >= 0.3 is 12.2 Å². The molecule has 0 bridgehead atoms. The van der Waals surface area contributed by atoms with Crippen LogP contribution in [-0.2, 0) is 24.1 Å². The third-order valence-electron chi connectivity index (χ3n) is 5.15. The second-order valence-electron chi connectivity index (χ2n) is 7.89. The molecule has 0 saturated carbocycles. The van der Waals surface area contributed by atoms with Gasteiger partial charge in [0.2, 0.25) is 5.91 Å². The molecule has 2 aromatic carbocycles. The molecular formula is C26H26F3N3O2S. The average Bonchev–Trinajstić information content (AvgIpc) is 3.23. The highest BCUT2D eigenvalue weighted by atomic mass is 32.1. The van der Waals surface area contributed by atoms with E-state index < -0.39 is 17.8 Å². The Hall–Kier alpha value is -3.59. The van der Waals surface area contributed by atoms with Crippen molar-refractivity contribution in [3.63, 3.8) is 0 Å². The Balaban J connectivity index is 1.78. The monoisotopic (exact) mass is 501 g/mol. The molecule has 3 amide bonds. The molecule has 0 atom stereocenters. The van der Waals surface area contributed by atoms with Gasteiger partial charge in [-0.15, -0.1) is 17.9 Å². The quantitative estimate of drug-likeness (QED) is 0.349. The number of hydrogen-bond acceptors (Lipinski definition) is 3. The second kappa shape index (κ2) is 11.7. The number of carbonyl (C=O) groups excluding carboxylic acids is 2. The number of carbonyl (C=O) groups is 2. The maximum atomic E-state index is 13.3. The van der Waals surface area contributed by atoms with Gasteiger partial charge in [-0.1, -0.05) is 48.5 Å². The summed E-state index contributed by atoms with van der Waals surface area (Å²) in [4.78, 5) is 31.1. The number of alkyl halides is 3. The molecule has 0 unspecified atom stereocenters. The van der Waals surface area contributed by atoms with Crippen molar-refractivity contribution in [2.75, 3.05) is 18.4 Å². The van der Waals surface area contributed by atoms with Gasteiger partial charge in [0.1, 0.15) is 6.54 Å².